The molecule has 0 aromatic rings. The Balaban J connectivity index is 1.55. The van der Waals surface area contributed by atoms with E-state index in [0.29, 0.717) is 11.3 Å². The summed E-state index contributed by atoms with van der Waals surface area (Å²) in [5.74, 6) is 2.29. The average molecular weight is 351 g/mol. The van der Waals surface area contributed by atoms with Crippen molar-refractivity contribution in [2.24, 2.45) is 28.6 Å². The molecule has 24 heavy (non-hydrogen) atoms. The van der Waals surface area contributed by atoms with Crippen molar-refractivity contribution < 1.29 is 9.84 Å². The maximum absolute atomic E-state index is 10.3. The lowest BCUT2D eigenvalue weighted by atomic mass is 9.44. The molecule has 5 fully saturated rings. The smallest absolute Gasteiger partial charge is 0.0812 e. The van der Waals surface area contributed by atoms with Gasteiger partial charge in [0.1, 0.15) is 0 Å². The summed E-state index contributed by atoms with van der Waals surface area (Å²) >= 11 is 7.28. The zero-order valence-corrected chi connectivity index (χ0v) is 15.8. The lowest BCUT2D eigenvalue weighted by Crippen LogP contribution is -2.63. The Morgan fingerprint density at radius 3 is 2.83 bits per heavy atom. The van der Waals surface area contributed by atoms with E-state index in [1.807, 2.05) is 0 Å². The number of ether oxygens (including phenoxy) is 1. The number of hydrogen-bond acceptors (Lipinski definition) is 2. The molecular weight excluding hydrogens is 320 g/mol. The minimum atomic E-state index is -0.304. The van der Waals surface area contributed by atoms with Gasteiger partial charge in [-0.2, -0.15) is 0 Å². The highest BCUT2D eigenvalue weighted by Gasteiger charge is 2.72. The van der Waals surface area contributed by atoms with Gasteiger partial charge in [-0.1, -0.05) is 18.6 Å². The number of alkyl halides is 1. The van der Waals surface area contributed by atoms with Crippen LogP contribution in [0, 0.1) is 28.6 Å². The van der Waals surface area contributed by atoms with E-state index >= 15 is 0 Å². The Kier molecular flexibility index (Phi) is 3.38. The summed E-state index contributed by atoms with van der Waals surface area (Å²) in [5, 5.41) is 10.3. The summed E-state index contributed by atoms with van der Waals surface area (Å²) in [6, 6.07) is 0. The van der Waals surface area contributed by atoms with Crippen molar-refractivity contribution in [1.29, 1.82) is 0 Å². The molecule has 2 nitrogen and oxygen atoms in total. The molecule has 4 saturated carbocycles. The molecule has 2 bridgehead atoms. The van der Waals surface area contributed by atoms with E-state index in [2.05, 4.69) is 19.9 Å². The fourth-order valence-corrected chi connectivity index (χ4v) is 8.65. The number of halogens is 1. The molecule has 0 radical (unpaired) electrons. The molecule has 1 N–H and O–H groups in total. The fraction of sp³-hybridized carbons (Fsp3) is 0.905. The van der Waals surface area contributed by atoms with Gasteiger partial charge >= 0.3 is 0 Å². The third-order valence-electron chi connectivity index (χ3n) is 9.17. The minimum absolute atomic E-state index is 0.126. The Morgan fingerprint density at radius 2 is 2.04 bits per heavy atom. The second-order valence-electron chi connectivity index (χ2n) is 9.64. The average Bonchev–Trinajstić information content (AvgIpc) is 2.96. The molecule has 5 unspecified atom stereocenters. The predicted molar refractivity (Wildman–Crippen MR) is 96.0 cm³/mol. The Bertz CT molecular complexity index is 588. The van der Waals surface area contributed by atoms with Gasteiger partial charge in [-0.25, -0.2) is 0 Å². The van der Waals surface area contributed by atoms with Crippen molar-refractivity contribution in [1.82, 2.24) is 0 Å². The van der Waals surface area contributed by atoms with E-state index in [1.54, 1.807) is 5.57 Å². The third-order valence-corrected chi connectivity index (χ3v) is 9.94. The van der Waals surface area contributed by atoms with Crippen LogP contribution >= 0.6 is 11.6 Å². The predicted octanol–water partition coefficient (Wildman–Crippen LogP) is 4.69. The lowest BCUT2D eigenvalue weighted by Gasteiger charge is -2.62. The number of allylic oxidation sites excluding steroid dienone is 2. The summed E-state index contributed by atoms with van der Waals surface area (Å²) in [4.78, 5) is -0.304. The van der Waals surface area contributed by atoms with Gasteiger partial charge in [-0.15, -0.1) is 11.6 Å². The van der Waals surface area contributed by atoms with Crippen molar-refractivity contribution in [2.45, 2.75) is 82.3 Å². The van der Waals surface area contributed by atoms with Crippen LogP contribution in [0.25, 0.3) is 0 Å². The number of aliphatic hydroxyl groups excluding tert-OH is 1. The normalized spacial score (nSPS) is 60.7. The first-order chi connectivity index (χ1) is 11.4. The molecule has 0 aromatic carbocycles. The van der Waals surface area contributed by atoms with Gasteiger partial charge in [-0.3, -0.25) is 0 Å². The quantitative estimate of drug-likeness (QED) is 0.507. The van der Waals surface area contributed by atoms with Crippen LogP contribution < -0.4 is 0 Å². The number of hydrogen-bond donors (Lipinski definition) is 1. The highest BCUT2D eigenvalue weighted by molar-refractivity contribution is 6.25. The Hall–Kier alpha value is -0.0500. The van der Waals surface area contributed by atoms with Crippen LogP contribution in [0.5, 0.6) is 0 Å². The molecule has 3 heteroatoms. The molecule has 8 atom stereocenters. The second kappa shape index (κ2) is 5.02. The SMILES string of the molecule is C/C=C1/CCC2C3C[C@@H]4OCC5(CC[C@H](O)C[C@]45Cl)C3CCC12C. The maximum Gasteiger partial charge on any atom is 0.0812 e. The summed E-state index contributed by atoms with van der Waals surface area (Å²) in [7, 11) is 0. The van der Waals surface area contributed by atoms with Crippen molar-refractivity contribution in [2.75, 3.05) is 6.61 Å². The maximum atomic E-state index is 10.3. The van der Waals surface area contributed by atoms with Crippen LogP contribution in [0.1, 0.15) is 65.2 Å². The van der Waals surface area contributed by atoms with Crippen molar-refractivity contribution in [3.63, 3.8) is 0 Å². The van der Waals surface area contributed by atoms with Gasteiger partial charge in [0.25, 0.3) is 0 Å². The summed E-state index contributed by atoms with van der Waals surface area (Å²) in [6.07, 6.45) is 11.4. The van der Waals surface area contributed by atoms with Crippen molar-refractivity contribution in [3.05, 3.63) is 11.6 Å². The van der Waals surface area contributed by atoms with Gasteiger partial charge in [0, 0.05) is 5.41 Å². The van der Waals surface area contributed by atoms with Gasteiger partial charge in [0.15, 0.2) is 0 Å². The summed E-state index contributed by atoms with van der Waals surface area (Å²) in [5.41, 5.74) is 2.26. The largest absolute Gasteiger partial charge is 0.393 e. The molecule has 134 valence electrons. The Morgan fingerprint density at radius 1 is 1.21 bits per heavy atom. The van der Waals surface area contributed by atoms with Gasteiger partial charge in [-0.05, 0) is 81.5 Å². The minimum Gasteiger partial charge on any atom is -0.393 e. The monoisotopic (exact) mass is 350 g/mol. The van der Waals surface area contributed by atoms with Gasteiger partial charge in [0.2, 0.25) is 0 Å². The highest BCUT2D eigenvalue weighted by atomic mass is 35.5. The summed E-state index contributed by atoms with van der Waals surface area (Å²) in [6.45, 7) is 5.60. The zero-order chi connectivity index (χ0) is 16.7. The fourth-order valence-electron chi connectivity index (χ4n) is 8.03. The topological polar surface area (TPSA) is 29.5 Å². The van der Waals surface area contributed by atoms with Crippen LogP contribution in [0.15, 0.2) is 11.6 Å². The molecule has 1 saturated heterocycles. The molecule has 1 aliphatic heterocycles. The standard InChI is InChI=1S/C21H31ClO2/c1-3-13-4-5-16-15-10-18-21(22)11-14(23)6-9-20(21,12-24-18)17(15)7-8-19(13,16)2/h3,14-18,23H,4-12H2,1-2H3/b13-3-/t14-,15?,16?,17?,18-,19?,20?,21-/m0/s1. The van der Waals surface area contributed by atoms with Crippen LogP contribution in [-0.2, 0) is 4.74 Å². The number of aliphatic hydroxyl groups is 1. The molecule has 5 rings (SSSR count). The molecular formula is C21H31ClO2. The second-order valence-corrected chi connectivity index (χ2v) is 10.3. The lowest BCUT2D eigenvalue weighted by molar-refractivity contribution is -0.0936. The van der Waals surface area contributed by atoms with Gasteiger partial charge < -0.3 is 9.84 Å². The molecule has 4 aliphatic carbocycles. The van der Waals surface area contributed by atoms with Crippen LogP contribution in [0.2, 0.25) is 0 Å². The van der Waals surface area contributed by atoms with E-state index in [4.69, 9.17) is 16.3 Å². The first-order valence-corrected chi connectivity index (χ1v) is 10.5. The molecule has 1 heterocycles. The van der Waals surface area contributed by atoms with Crippen LogP contribution in [-0.4, -0.2) is 28.8 Å². The molecule has 0 spiro atoms. The molecule has 0 aromatic heterocycles. The highest BCUT2D eigenvalue weighted by Crippen LogP contribution is 2.72. The van der Waals surface area contributed by atoms with E-state index in [9.17, 15) is 5.11 Å². The first kappa shape index (κ1) is 16.1. The van der Waals surface area contributed by atoms with E-state index in [-0.39, 0.29) is 22.5 Å². The molecule has 0 amide bonds. The van der Waals surface area contributed by atoms with Crippen LogP contribution in [0.4, 0.5) is 0 Å². The van der Waals surface area contributed by atoms with Gasteiger partial charge in [0.05, 0.1) is 23.7 Å². The summed E-state index contributed by atoms with van der Waals surface area (Å²) < 4.78 is 6.33. The van der Waals surface area contributed by atoms with Crippen LogP contribution in [0.3, 0.4) is 0 Å². The molecule has 5 aliphatic rings. The Labute approximate surface area is 151 Å². The third kappa shape index (κ3) is 1.71. The van der Waals surface area contributed by atoms with E-state index in [1.165, 1.54) is 25.7 Å². The van der Waals surface area contributed by atoms with Crippen molar-refractivity contribution in [3.8, 4) is 0 Å². The number of fused-ring (bicyclic) bond motifs is 3. The zero-order valence-electron chi connectivity index (χ0n) is 15.1. The first-order valence-electron chi connectivity index (χ1n) is 10.1. The van der Waals surface area contributed by atoms with E-state index in [0.717, 1.165) is 44.1 Å². The number of rotatable bonds is 0. The van der Waals surface area contributed by atoms with Crippen molar-refractivity contribution >= 4 is 11.6 Å². The van der Waals surface area contributed by atoms with E-state index < -0.39 is 0 Å².